The highest BCUT2D eigenvalue weighted by Gasteiger charge is 2.39. The Morgan fingerprint density at radius 1 is 1.19 bits per heavy atom. The molecule has 9 nitrogen and oxygen atoms in total. The number of rotatable bonds is 4. The minimum atomic E-state index is -1.30. The first-order valence-corrected chi connectivity index (χ1v) is 10.1. The van der Waals surface area contributed by atoms with Gasteiger partial charge in [0.2, 0.25) is 0 Å². The molecule has 1 unspecified atom stereocenters. The van der Waals surface area contributed by atoms with Gasteiger partial charge in [-0.05, 0) is 32.9 Å². The van der Waals surface area contributed by atoms with Gasteiger partial charge >= 0.3 is 18.0 Å². The molecule has 0 radical (unpaired) electrons. The Labute approximate surface area is 181 Å². The highest BCUT2D eigenvalue weighted by Crippen LogP contribution is 2.29. The Morgan fingerprint density at radius 3 is 2.48 bits per heavy atom. The van der Waals surface area contributed by atoms with Crippen LogP contribution >= 0.6 is 0 Å². The monoisotopic (exact) mass is 432 g/mol. The summed E-state index contributed by atoms with van der Waals surface area (Å²) >= 11 is 0. The van der Waals surface area contributed by atoms with Gasteiger partial charge in [-0.1, -0.05) is 12.1 Å². The second-order valence-electron chi connectivity index (χ2n) is 8.83. The standard InChI is InChI=1S/C22H28N2O7/c1-21(2,3)31-20(27)24-11-10-14(13-24)28-17-9-7-6-8-16(17)23-12-15-18(25)29-22(4,5)30-19(15)26/h6-9,12,14,23H,10-11,13H2,1-5H3. The van der Waals surface area contributed by atoms with Crippen LogP contribution in [0.5, 0.6) is 5.75 Å². The normalized spacial score (nSPS) is 20.6. The summed E-state index contributed by atoms with van der Waals surface area (Å²) in [4.78, 5) is 38.1. The number of carbonyl (C=O) groups excluding carboxylic acids is 3. The van der Waals surface area contributed by atoms with E-state index >= 15 is 0 Å². The van der Waals surface area contributed by atoms with Gasteiger partial charge in [0.1, 0.15) is 17.5 Å². The zero-order chi connectivity index (χ0) is 22.8. The Balaban J connectivity index is 1.65. The molecule has 168 valence electrons. The van der Waals surface area contributed by atoms with Crippen LogP contribution in [-0.2, 0) is 23.8 Å². The second-order valence-corrected chi connectivity index (χ2v) is 8.83. The van der Waals surface area contributed by atoms with Crippen LogP contribution in [0.3, 0.4) is 0 Å². The zero-order valence-corrected chi connectivity index (χ0v) is 18.4. The lowest BCUT2D eigenvalue weighted by Crippen LogP contribution is -2.42. The van der Waals surface area contributed by atoms with Crippen LogP contribution in [-0.4, -0.2) is 53.5 Å². The van der Waals surface area contributed by atoms with E-state index in [0.29, 0.717) is 30.9 Å². The van der Waals surface area contributed by atoms with Gasteiger partial charge in [0.25, 0.3) is 5.79 Å². The summed E-state index contributed by atoms with van der Waals surface area (Å²) in [7, 11) is 0. The summed E-state index contributed by atoms with van der Waals surface area (Å²) in [5.41, 5.74) is -0.251. The molecule has 1 amide bonds. The second kappa shape index (κ2) is 8.49. The van der Waals surface area contributed by atoms with Gasteiger partial charge < -0.3 is 29.2 Å². The smallest absolute Gasteiger partial charge is 0.410 e. The first kappa shape index (κ1) is 22.5. The van der Waals surface area contributed by atoms with Gasteiger partial charge in [0.05, 0.1) is 12.2 Å². The molecule has 1 aromatic carbocycles. The van der Waals surface area contributed by atoms with E-state index in [1.807, 2.05) is 20.8 Å². The van der Waals surface area contributed by atoms with Gasteiger partial charge in [0.15, 0.2) is 5.57 Å². The molecule has 2 aliphatic rings. The highest BCUT2D eigenvalue weighted by molar-refractivity contribution is 6.15. The van der Waals surface area contributed by atoms with Crippen molar-refractivity contribution in [3.63, 3.8) is 0 Å². The fraction of sp³-hybridized carbons (Fsp3) is 0.500. The first-order chi connectivity index (χ1) is 14.4. The number of ether oxygens (including phenoxy) is 4. The van der Waals surface area contributed by atoms with E-state index in [1.165, 1.54) is 20.0 Å². The summed E-state index contributed by atoms with van der Waals surface area (Å²) in [6, 6.07) is 7.10. The van der Waals surface area contributed by atoms with Crippen molar-refractivity contribution in [2.45, 2.75) is 58.5 Å². The van der Waals surface area contributed by atoms with Crippen molar-refractivity contribution in [2.24, 2.45) is 0 Å². The predicted octanol–water partition coefficient (Wildman–Crippen LogP) is 3.21. The van der Waals surface area contributed by atoms with Crippen molar-refractivity contribution < 1.29 is 33.3 Å². The van der Waals surface area contributed by atoms with Crippen molar-refractivity contribution in [3.05, 3.63) is 36.0 Å². The van der Waals surface area contributed by atoms with Crippen LogP contribution in [0.15, 0.2) is 36.0 Å². The van der Waals surface area contributed by atoms with E-state index in [0.717, 1.165) is 0 Å². The SMILES string of the molecule is CC(C)(C)OC(=O)N1CCC(Oc2ccccc2NC=C2C(=O)OC(C)(C)OC2=O)C1. The average Bonchev–Trinajstić information content (AvgIpc) is 3.08. The van der Waals surface area contributed by atoms with Gasteiger partial charge in [-0.15, -0.1) is 0 Å². The quantitative estimate of drug-likeness (QED) is 0.440. The molecule has 31 heavy (non-hydrogen) atoms. The molecule has 2 aliphatic heterocycles. The summed E-state index contributed by atoms with van der Waals surface area (Å²) in [6.45, 7) is 9.38. The van der Waals surface area contributed by atoms with E-state index in [2.05, 4.69) is 5.32 Å². The fourth-order valence-corrected chi connectivity index (χ4v) is 3.11. The van der Waals surface area contributed by atoms with E-state index < -0.39 is 23.3 Å². The lowest BCUT2D eigenvalue weighted by atomic mass is 10.2. The molecule has 0 spiro atoms. The Bertz CT molecular complexity index is 879. The Morgan fingerprint density at radius 2 is 1.84 bits per heavy atom. The third-order valence-corrected chi connectivity index (χ3v) is 4.47. The van der Waals surface area contributed by atoms with Crippen molar-refractivity contribution in [1.29, 1.82) is 0 Å². The first-order valence-electron chi connectivity index (χ1n) is 10.1. The van der Waals surface area contributed by atoms with Gasteiger partial charge in [-0.3, -0.25) is 0 Å². The number of esters is 2. The molecule has 0 aliphatic carbocycles. The molecular formula is C22H28N2O7. The van der Waals surface area contributed by atoms with E-state index in [-0.39, 0.29) is 17.8 Å². The number of hydrogen-bond acceptors (Lipinski definition) is 8. The summed E-state index contributed by atoms with van der Waals surface area (Å²) < 4.78 is 21.6. The van der Waals surface area contributed by atoms with Crippen LogP contribution in [0.2, 0.25) is 0 Å². The van der Waals surface area contributed by atoms with E-state index in [4.69, 9.17) is 18.9 Å². The lowest BCUT2D eigenvalue weighted by molar-refractivity contribution is -0.222. The minimum Gasteiger partial charge on any atom is -0.486 e. The van der Waals surface area contributed by atoms with Gasteiger partial charge in [-0.2, -0.15) is 0 Å². The molecule has 9 heteroatoms. The van der Waals surface area contributed by atoms with Crippen LogP contribution in [0, 0.1) is 0 Å². The van der Waals surface area contributed by atoms with Crippen molar-refractivity contribution >= 4 is 23.7 Å². The molecule has 2 saturated heterocycles. The van der Waals surface area contributed by atoms with Crippen LogP contribution in [0.4, 0.5) is 10.5 Å². The molecule has 0 bridgehead atoms. The maximum Gasteiger partial charge on any atom is 0.410 e. The number of cyclic esters (lactones) is 2. The number of benzene rings is 1. The van der Waals surface area contributed by atoms with Crippen molar-refractivity contribution in [1.82, 2.24) is 4.90 Å². The molecule has 1 atom stereocenters. The van der Waals surface area contributed by atoms with Crippen LogP contribution in [0.1, 0.15) is 41.0 Å². The largest absolute Gasteiger partial charge is 0.486 e. The summed E-state index contributed by atoms with van der Waals surface area (Å²) in [5, 5.41) is 2.92. The van der Waals surface area contributed by atoms with Crippen molar-refractivity contribution in [2.75, 3.05) is 18.4 Å². The maximum absolute atomic E-state index is 12.3. The third-order valence-electron chi connectivity index (χ3n) is 4.47. The fourth-order valence-electron chi connectivity index (χ4n) is 3.11. The summed E-state index contributed by atoms with van der Waals surface area (Å²) in [6.07, 6.45) is 1.31. The highest BCUT2D eigenvalue weighted by atomic mass is 16.7. The topological polar surface area (TPSA) is 103 Å². The molecule has 0 saturated carbocycles. The molecule has 1 N–H and O–H groups in total. The molecule has 3 rings (SSSR count). The molecule has 2 fully saturated rings. The number of carbonyl (C=O) groups is 3. The molecular weight excluding hydrogens is 404 g/mol. The predicted molar refractivity (Wildman–Crippen MR) is 111 cm³/mol. The number of likely N-dealkylation sites (tertiary alicyclic amines) is 1. The number of hydrogen-bond donors (Lipinski definition) is 1. The van der Waals surface area contributed by atoms with E-state index in [9.17, 15) is 14.4 Å². The number of nitrogens with one attached hydrogen (secondary N) is 1. The third kappa shape index (κ3) is 5.90. The number of amides is 1. The minimum absolute atomic E-state index is 0.214. The molecule has 0 aromatic heterocycles. The Hall–Kier alpha value is -3.23. The Kier molecular flexibility index (Phi) is 6.15. The maximum atomic E-state index is 12.3. The van der Waals surface area contributed by atoms with Gasteiger partial charge in [-0.25, -0.2) is 14.4 Å². The van der Waals surface area contributed by atoms with Crippen LogP contribution < -0.4 is 10.1 Å². The van der Waals surface area contributed by atoms with Crippen molar-refractivity contribution in [3.8, 4) is 5.75 Å². The molecule has 2 heterocycles. The van der Waals surface area contributed by atoms with E-state index in [1.54, 1.807) is 29.2 Å². The zero-order valence-electron chi connectivity index (χ0n) is 18.4. The number of nitrogens with zero attached hydrogens (tertiary/aromatic N) is 1. The average molecular weight is 432 g/mol. The van der Waals surface area contributed by atoms with Crippen LogP contribution in [0.25, 0.3) is 0 Å². The lowest BCUT2D eigenvalue weighted by Gasteiger charge is -2.29. The number of para-hydroxylation sites is 2. The van der Waals surface area contributed by atoms with Gasteiger partial charge in [0, 0.05) is 33.0 Å². The molecule has 1 aromatic rings. The number of anilines is 1. The summed E-state index contributed by atoms with van der Waals surface area (Å²) in [5.74, 6) is -2.31.